The predicted octanol–water partition coefficient (Wildman–Crippen LogP) is 2.79. The summed E-state index contributed by atoms with van der Waals surface area (Å²) in [7, 11) is 0. The summed E-state index contributed by atoms with van der Waals surface area (Å²) in [6.45, 7) is 7.21. The Hall–Kier alpha value is -1.74. The second-order valence-corrected chi connectivity index (χ2v) is 4.52. The van der Waals surface area contributed by atoms with Crippen LogP contribution in [-0.4, -0.2) is 16.5 Å². The van der Waals surface area contributed by atoms with E-state index in [-0.39, 0.29) is 6.04 Å². The summed E-state index contributed by atoms with van der Waals surface area (Å²) in [6.07, 6.45) is 3.57. The molecule has 0 radical (unpaired) electrons. The van der Waals surface area contributed by atoms with Crippen LogP contribution in [0.5, 0.6) is 0 Å². The molecule has 1 aromatic heterocycles. The Kier molecular flexibility index (Phi) is 4.05. The highest BCUT2D eigenvalue weighted by molar-refractivity contribution is 5.33. The van der Waals surface area contributed by atoms with Crippen LogP contribution in [0.3, 0.4) is 0 Å². The molecule has 3 heteroatoms. The van der Waals surface area contributed by atoms with Crippen molar-refractivity contribution < 1.29 is 0 Å². The highest BCUT2D eigenvalue weighted by atomic mass is 15.0. The third kappa shape index (κ3) is 2.93. The van der Waals surface area contributed by atoms with Crippen molar-refractivity contribution in [1.29, 1.82) is 0 Å². The van der Waals surface area contributed by atoms with Crippen molar-refractivity contribution in [3.8, 4) is 0 Å². The molecule has 1 N–H and O–H groups in total. The Labute approximate surface area is 108 Å². The van der Waals surface area contributed by atoms with Gasteiger partial charge in [-0.15, -0.1) is 0 Å². The molecular weight excluding hydrogens is 222 g/mol. The Balaban J connectivity index is 2.41. The van der Waals surface area contributed by atoms with E-state index >= 15 is 0 Å². The number of aryl methyl sites for hydroxylation is 2. The van der Waals surface area contributed by atoms with Gasteiger partial charge in [0.25, 0.3) is 0 Å². The maximum Gasteiger partial charge on any atom is 0.149 e. The number of aromatic nitrogens is 2. The van der Waals surface area contributed by atoms with Crippen molar-refractivity contribution in [3.05, 3.63) is 59.2 Å². The standard InChI is InChI=1S/C15H19N3/c1-4-16-14(15-17-6-5-7-18-15)13-9-11(2)8-12(3)10-13/h5-10,14,16H,4H2,1-3H3. The smallest absolute Gasteiger partial charge is 0.149 e. The normalized spacial score (nSPS) is 12.4. The summed E-state index contributed by atoms with van der Waals surface area (Å²) < 4.78 is 0. The van der Waals surface area contributed by atoms with Crippen LogP contribution in [0.15, 0.2) is 36.7 Å². The monoisotopic (exact) mass is 241 g/mol. The van der Waals surface area contributed by atoms with Gasteiger partial charge in [0.2, 0.25) is 0 Å². The summed E-state index contributed by atoms with van der Waals surface area (Å²) in [5, 5.41) is 3.44. The minimum atomic E-state index is 0.0646. The van der Waals surface area contributed by atoms with Gasteiger partial charge in [-0.1, -0.05) is 36.2 Å². The summed E-state index contributed by atoms with van der Waals surface area (Å²) in [6, 6.07) is 8.47. The van der Waals surface area contributed by atoms with Crippen molar-refractivity contribution in [1.82, 2.24) is 15.3 Å². The van der Waals surface area contributed by atoms with Gasteiger partial charge >= 0.3 is 0 Å². The summed E-state index contributed by atoms with van der Waals surface area (Å²) in [5.41, 5.74) is 3.76. The number of nitrogens with one attached hydrogen (secondary N) is 1. The summed E-state index contributed by atoms with van der Waals surface area (Å²) >= 11 is 0. The molecule has 94 valence electrons. The van der Waals surface area contributed by atoms with Gasteiger partial charge in [0.15, 0.2) is 0 Å². The van der Waals surface area contributed by atoms with Crippen LogP contribution >= 0.6 is 0 Å². The van der Waals surface area contributed by atoms with Crippen molar-refractivity contribution in [3.63, 3.8) is 0 Å². The Bertz CT molecular complexity index is 488. The Morgan fingerprint density at radius 3 is 2.22 bits per heavy atom. The lowest BCUT2D eigenvalue weighted by molar-refractivity contribution is 0.596. The predicted molar refractivity (Wildman–Crippen MR) is 73.5 cm³/mol. The van der Waals surface area contributed by atoms with Gasteiger partial charge in [0.1, 0.15) is 5.82 Å². The number of benzene rings is 1. The van der Waals surface area contributed by atoms with Gasteiger partial charge in [0.05, 0.1) is 6.04 Å². The molecule has 0 aliphatic rings. The highest BCUT2D eigenvalue weighted by Gasteiger charge is 2.15. The molecule has 0 amide bonds. The Morgan fingerprint density at radius 1 is 1.06 bits per heavy atom. The Morgan fingerprint density at radius 2 is 1.67 bits per heavy atom. The molecule has 0 bridgehead atoms. The largest absolute Gasteiger partial charge is 0.304 e. The number of nitrogens with zero attached hydrogens (tertiary/aromatic N) is 2. The van der Waals surface area contributed by atoms with Crippen molar-refractivity contribution in [2.45, 2.75) is 26.8 Å². The van der Waals surface area contributed by atoms with Crippen molar-refractivity contribution >= 4 is 0 Å². The number of hydrogen-bond donors (Lipinski definition) is 1. The van der Waals surface area contributed by atoms with Crippen LogP contribution in [0.4, 0.5) is 0 Å². The molecule has 0 aliphatic carbocycles. The van der Waals surface area contributed by atoms with E-state index < -0.39 is 0 Å². The third-order valence-electron chi connectivity index (χ3n) is 2.83. The van der Waals surface area contributed by atoms with Crippen LogP contribution in [-0.2, 0) is 0 Å². The fourth-order valence-electron chi connectivity index (χ4n) is 2.20. The fourth-order valence-corrected chi connectivity index (χ4v) is 2.20. The molecule has 0 spiro atoms. The first-order chi connectivity index (χ1) is 8.70. The maximum atomic E-state index is 4.36. The van der Waals surface area contributed by atoms with E-state index in [0.29, 0.717) is 0 Å². The van der Waals surface area contributed by atoms with E-state index in [0.717, 1.165) is 12.4 Å². The lowest BCUT2D eigenvalue weighted by Crippen LogP contribution is -2.24. The van der Waals surface area contributed by atoms with E-state index in [4.69, 9.17) is 0 Å². The average Bonchev–Trinajstić information content (AvgIpc) is 2.36. The van der Waals surface area contributed by atoms with E-state index in [1.165, 1.54) is 16.7 Å². The van der Waals surface area contributed by atoms with Crippen LogP contribution in [0.25, 0.3) is 0 Å². The molecule has 2 rings (SSSR count). The maximum absolute atomic E-state index is 4.36. The zero-order chi connectivity index (χ0) is 13.0. The van der Waals surface area contributed by atoms with Gasteiger partial charge in [-0.25, -0.2) is 9.97 Å². The molecule has 0 saturated heterocycles. The van der Waals surface area contributed by atoms with Gasteiger partial charge in [-0.2, -0.15) is 0 Å². The molecule has 0 aliphatic heterocycles. The third-order valence-corrected chi connectivity index (χ3v) is 2.83. The molecule has 0 fully saturated rings. The van der Waals surface area contributed by atoms with Gasteiger partial charge < -0.3 is 5.32 Å². The van der Waals surface area contributed by atoms with Crippen molar-refractivity contribution in [2.75, 3.05) is 6.54 Å². The SMILES string of the molecule is CCNC(c1cc(C)cc(C)c1)c1ncccn1. The van der Waals surface area contributed by atoms with Crippen LogP contribution in [0.1, 0.15) is 35.5 Å². The second-order valence-electron chi connectivity index (χ2n) is 4.52. The topological polar surface area (TPSA) is 37.8 Å². The number of hydrogen-bond acceptors (Lipinski definition) is 3. The molecule has 1 heterocycles. The fraction of sp³-hybridized carbons (Fsp3) is 0.333. The molecule has 3 nitrogen and oxygen atoms in total. The zero-order valence-electron chi connectivity index (χ0n) is 11.1. The molecular formula is C15H19N3. The van der Waals surface area contributed by atoms with Crippen LogP contribution in [0, 0.1) is 13.8 Å². The summed E-state index contributed by atoms with van der Waals surface area (Å²) in [5.74, 6) is 0.823. The van der Waals surface area contributed by atoms with Gasteiger partial charge in [-0.3, -0.25) is 0 Å². The molecule has 1 atom stereocenters. The first-order valence-electron chi connectivity index (χ1n) is 6.29. The minimum absolute atomic E-state index is 0.0646. The van der Waals surface area contributed by atoms with E-state index in [2.05, 4.69) is 54.3 Å². The first kappa shape index (κ1) is 12.7. The molecule has 2 aromatic rings. The van der Waals surface area contributed by atoms with E-state index in [9.17, 15) is 0 Å². The molecule has 1 unspecified atom stereocenters. The van der Waals surface area contributed by atoms with Gasteiger partial charge in [0, 0.05) is 12.4 Å². The highest BCUT2D eigenvalue weighted by Crippen LogP contribution is 2.21. The summed E-state index contributed by atoms with van der Waals surface area (Å²) in [4.78, 5) is 8.72. The molecule has 18 heavy (non-hydrogen) atoms. The average molecular weight is 241 g/mol. The van der Waals surface area contributed by atoms with Crippen molar-refractivity contribution in [2.24, 2.45) is 0 Å². The van der Waals surface area contributed by atoms with E-state index in [1.807, 2.05) is 6.07 Å². The minimum Gasteiger partial charge on any atom is -0.304 e. The lowest BCUT2D eigenvalue weighted by Gasteiger charge is -2.18. The van der Waals surface area contributed by atoms with Crippen LogP contribution in [0.2, 0.25) is 0 Å². The molecule has 0 saturated carbocycles. The lowest BCUT2D eigenvalue weighted by atomic mass is 10.0. The zero-order valence-corrected chi connectivity index (χ0v) is 11.1. The molecule has 1 aromatic carbocycles. The first-order valence-corrected chi connectivity index (χ1v) is 6.29. The number of rotatable bonds is 4. The second kappa shape index (κ2) is 5.74. The quantitative estimate of drug-likeness (QED) is 0.894. The van der Waals surface area contributed by atoms with E-state index in [1.54, 1.807) is 12.4 Å². The van der Waals surface area contributed by atoms with Crippen LogP contribution < -0.4 is 5.32 Å². The van der Waals surface area contributed by atoms with Gasteiger partial charge in [-0.05, 0) is 32.0 Å².